The Hall–Kier alpha value is -6.12. The van der Waals surface area contributed by atoms with Crippen molar-refractivity contribution in [2.24, 2.45) is 0 Å². The van der Waals surface area contributed by atoms with Gasteiger partial charge in [0.1, 0.15) is 11.5 Å². The predicted molar refractivity (Wildman–Crippen MR) is 202 cm³/mol. The highest BCUT2D eigenvalue weighted by molar-refractivity contribution is 5.94. The number of phenols is 2. The van der Waals surface area contributed by atoms with Crippen molar-refractivity contribution in [2.75, 3.05) is 0 Å². The third kappa shape index (κ3) is 4.48. The van der Waals surface area contributed by atoms with Crippen LogP contribution in [0.15, 0.2) is 158 Å². The van der Waals surface area contributed by atoms with E-state index < -0.39 is 5.41 Å². The van der Waals surface area contributed by atoms with Crippen molar-refractivity contribution in [2.45, 2.75) is 19.3 Å². The summed E-state index contributed by atoms with van der Waals surface area (Å²) in [5, 5.41) is 28.5. The lowest BCUT2D eigenvalue weighted by molar-refractivity contribution is 0.448. The molecule has 0 spiro atoms. The fraction of sp³-hybridized carbons (Fsp3) is 0.0638. The fourth-order valence-electron chi connectivity index (χ4n) is 8.05. The number of aromatic hydroxyl groups is 2. The number of aryl methyl sites for hydroxylation is 2. The third-order valence-electron chi connectivity index (χ3n) is 10.4. The summed E-state index contributed by atoms with van der Waals surface area (Å²) in [5.41, 5.74) is 11.2. The van der Waals surface area contributed by atoms with Crippen LogP contribution in [0.2, 0.25) is 0 Å². The molecule has 234 valence electrons. The Morgan fingerprint density at radius 1 is 0.347 bits per heavy atom. The zero-order chi connectivity index (χ0) is 33.3. The standard InChI is InChI=1S/C47H34O2/c1-29-11-21-45(48)43(23-29)47(44-24-30(2)12-22-46(44)49)41-27-37(35-15-13-31-7-3-5-9-33(31)25-35)17-19-39(41)40-20-18-38(28-42(40)47)36-16-14-32-8-4-6-10-34(32)26-36/h3-28,48-49H,1-2H3. The quantitative estimate of drug-likeness (QED) is 0.203. The van der Waals surface area contributed by atoms with Gasteiger partial charge in [-0.15, -0.1) is 0 Å². The summed E-state index contributed by atoms with van der Waals surface area (Å²) in [6.45, 7) is 4.11. The molecular formula is C47H34O2. The Bertz CT molecular complexity index is 2430. The average molecular weight is 631 g/mol. The molecule has 49 heavy (non-hydrogen) atoms. The van der Waals surface area contributed by atoms with Crippen LogP contribution in [0, 0.1) is 13.8 Å². The lowest BCUT2D eigenvalue weighted by Gasteiger charge is -2.35. The van der Waals surface area contributed by atoms with E-state index in [-0.39, 0.29) is 11.5 Å². The molecule has 1 aliphatic carbocycles. The largest absolute Gasteiger partial charge is 0.508 e. The number of rotatable bonds is 4. The fourth-order valence-corrected chi connectivity index (χ4v) is 8.05. The molecule has 0 bridgehead atoms. The third-order valence-corrected chi connectivity index (χ3v) is 10.4. The van der Waals surface area contributed by atoms with Crippen LogP contribution < -0.4 is 0 Å². The molecule has 8 aromatic carbocycles. The van der Waals surface area contributed by atoms with Gasteiger partial charge >= 0.3 is 0 Å². The highest BCUT2D eigenvalue weighted by Gasteiger charge is 2.49. The van der Waals surface area contributed by atoms with Gasteiger partial charge < -0.3 is 10.2 Å². The number of fused-ring (bicyclic) bond motifs is 5. The van der Waals surface area contributed by atoms with Crippen molar-refractivity contribution >= 4 is 21.5 Å². The normalized spacial score (nSPS) is 13.0. The van der Waals surface area contributed by atoms with Crippen LogP contribution in [0.4, 0.5) is 0 Å². The molecule has 0 fully saturated rings. The van der Waals surface area contributed by atoms with Crippen molar-refractivity contribution in [3.8, 4) is 44.9 Å². The molecule has 0 aliphatic heterocycles. The van der Waals surface area contributed by atoms with Gasteiger partial charge in [0.25, 0.3) is 0 Å². The second kappa shape index (κ2) is 11.0. The molecular weight excluding hydrogens is 597 g/mol. The molecule has 8 aromatic rings. The minimum atomic E-state index is -1.00. The molecule has 9 rings (SSSR count). The summed E-state index contributed by atoms with van der Waals surface area (Å²) in [6, 6.07) is 55.1. The van der Waals surface area contributed by atoms with Crippen LogP contribution in [0.1, 0.15) is 33.4 Å². The van der Waals surface area contributed by atoms with Gasteiger partial charge in [-0.1, -0.05) is 132 Å². The maximum Gasteiger partial charge on any atom is 0.120 e. The van der Waals surface area contributed by atoms with Gasteiger partial charge in [0.2, 0.25) is 0 Å². The van der Waals surface area contributed by atoms with Gasteiger partial charge in [0, 0.05) is 11.1 Å². The lowest BCUT2D eigenvalue weighted by Crippen LogP contribution is -2.29. The minimum absolute atomic E-state index is 0.192. The van der Waals surface area contributed by atoms with Crippen molar-refractivity contribution in [1.29, 1.82) is 0 Å². The molecule has 2 nitrogen and oxygen atoms in total. The van der Waals surface area contributed by atoms with Crippen molar-refractivity contribution in [1.82, 2.24) is 0 Å². The molecule has 0 amide bonds. The van der Waals surface area contributed by atoms with Gasteiger partial charge in [-0.3, -0.25) is 0 Å². The van der Waals surface area contributed by atoms with Crippen LogP contribution >= 0.6 is 0 Å². The van der Waals surface area contributed by atoms with Crippen molar-refractivity contribution < 1.29 is 10.2 Å². The topological polar surface area (TPSA) is 40.5 Å². The maximum atomic E-state index is 11.9. The molecule has 0 saturated heterocycles. The van der Waals surface area contributed by atoms with Crippen LogP contribution in [0.25, 0.3) is 54.9 Å². The number of phenolic OH excluding ortho intramolecular Hbond substituents is 2. The Morgan fingerprint density at radius 2 is 0.735 bits per heavy atom. The molecule has 0 atom stereocenters. The second-order valence-electron chi connectivity index (χ2n) is 13.4. The second-order valence-corrected chi connectivity index (χ2v) is 13.4. The maximum absolute atomic E-state index is 11.9. The van der Waals surface area contributed by atoms with E-state index in [4.69, 9.17) is 0 Å². The molecule has 0 radical (unpaired) electrons. The molecule has 0 heterocycles. The Morgan fingerprint density at radius 3 is 1.18 bits per heavy atom. The van der Waals surface area contributed by atoms with E-state index >= 15 is 0 Å². The van der Waals surface area contributed by atoms with Crippen LogP contribution in [-0.2, 0) is 5.41 Å². The van der Waals surface area contributed by atoms with Crippen LogP contribution in [-0.4, -0.2) is 10.2 Å². The first-order chi connectivity index (χ1) is 23.9. The number of benzene rings is 8. The summed E-state index contributed by atoms with van der Waals surface area (Å²) in [4.78, 5) is 0. The Kier molecular flexibility index (Phi) is 6.50. The first kappa shape index (κ1) is 29.1. The smallest absolute Gasteiger partial charge is 0.120 e. The zero-order valence-electron chi connectivity index (χ0n) is 27.4. The molecule has 0 aromatic heterocycles. The lowest BCUT2D eigenvalue weighted by atomic mass is 9.66. The Balaban J connectivity index is 1.38. The highest BCUT2D eigenvalue weighted by atomic mass is 16.3. The SMILES string of the molecule is Cc1ccc(O)c(C2(c3cc(C)ccc3O)c3cc(-c4ccc5ccccc5c4)ccc3-c3ccc(-c4ccc5ccccc5c4)cc32)c1. The minimum Gasteiger partial charge on any atom is -0.508 e. The molecule has 0 unspecified atom stereocenters. The Labute approximate surface area is 286 Å². The van der Waals surface area contributed by atoms with Gasteiger partial charge in [-0.05, 0) is 116 Å². The van der Waals surface area contributed by atoms with Crippen molar-refractivity contribution in [3.05, 3.63) is 191 Å². The molecule has 1 aliphatic rings. The van der Waals surface area contributed by atoms with Crippen molar-refractivity contribution in [3.63, 3.8) is 0 Å². The molecule has 2 N–H and O–H groups in total. The van der Waals surface area contributed by atoms with Gasteiger partial charge in [0.05, 0.1) is 5.41 Å². The number of hydrogen-bond acceptors (Lipinski definition) is 2. The summed E-state index contributed by atoms with van der Waals surface area (Å²) in [5.74, 6) is 0.384. The van der Waals surface area contributed by atoms with Gasteiger partial charge in [0.15, 0.2) is 0 Å². The van der Waals surface area contributed by atoms with E-state index in [1.165, 1.54) is 21.5 Å². The average Bonchev–Trinajstić information content (AvgIpc) is 3.42. The van der Waals surface area contributed by atoms with Crippen LogP contribution in [0.5, 0.6) is 11.5 Å². The van der Waals surface area contributed by atoms with E-state index in [0.29, 0.717) is 0 Å². The zero-order valence-corrected chi connectivity index (χ0v) is 27.4. The summed E-state index contributed by atoms with van der Waals surface area (Å²) < 4.78 is 0. The van der Waals surface area contributed by atoms with Gasteiger partial charge in [-0.25, -0.2) is 0 Å². The monoisotopic (exact) mass is 630 g/mol. The van der Waals surface area contributed by atoms with E-state index in [1.54, 1.807) is 12.1 Å². The van der Waals surface area contributed by atoms with E-state index in [1.807, 2.05) is 12.1 Å². The first-order valence-electron chi connectivity index (χ1n) is 16.8. The van der Waals surface area contributed by atoms with E-state index in [9.17, 15) is 10.2 Å². The van der Waals surface area contributed by atoms with Gasteiger partial charge in [-0.2, -0.15) is 0 Å². The van der Waals surface area contributed by atoms with E-state index in [0.717, 1.165) is 66.8 Å². The first-order valence-corrected chi connectivity index (χ1v) is 16.8. The molecule has 2 heteroatoms. The summed E-state index contributed by atoms with van der Waals surface area (Å²) in [7, 11) is 0. The highest BCUT2D eigenvalue weighted by Crippen LogP contribution is 2.60. The van der Waals surface area contributed by atoms with E-state index in [2.05, 4.69) is 147 Å². The predicted octanol–water partition coefficient (Wildman–Crippen LogP) is 11.7. The molecule has 0 saturated carbocycles. The van der Waals surface area contributed by atoms with Crippen LogP contribution in [0.3, 0.4) is 0 Å². The summed E-state index contributed by atoms with van der Waals surface area (Å²) in [6.07, 6.45) is 0. The summed E-state index contributed by atoms with van der Waals surface area (Å²) >= 11 is 0. The number of hydrogen-bond donors (Lipinski definition) is 2.